The summed E-state index contributed by atoms with van der Waals surface area (Å²) in [6.07, 6.45) is 4.74. The van der Waals surface area contributed by atoms with Gasteiger partial charge in [-0.15, -0.1) is 0 Å². The fourth-order valence-corrected chi connectivity index (χ4v) is 4.67. The Morgan fingerprint density at radius 2 is 1.82 bits per heavy atom. The zero-order valence-corrected chi connectivity index (χ0v) is 19.5. The Bertz CT molecular complexity index is 969. The normalized spacial score (nSPS) is 19.1. The van der Waals surface area contributed by atoms with E-state index in [0.717, 1.165) is 69.6 Å². The van der Waals surface area contributed by atoms with Crippen LogP contribution in [0.15, 0.2) is 28.8 Å². The molecule has 1 saturated heterocycles. The third-order valence-corrected chi connectivity index (χ3v) is 6.90. The molecule has 2 aromatic rings. The first-order valence-corrected chi connectivity index (χ1v) is 11.6. The summed E-state index contributed by atoms with van der Waals surface area (Å²) in [4.78, 5) is 23.6. The van der Waals surface area contributed by atoms with Gasteiger partial charge in [-0.3, -0.25) is 14.6 Å². The van der Waals surface area contributed by atoms with Crippen molar-refractivity contribution < 1.29 is 14.1 Å². The highest BCUT2D eigenvalue weighted by molar-refractivity contribution is 5.79. The number of aromatic nitrogens is 2. The molecule has 9 heteroatoms. The maximum absolute atomic E-state index is 12.9. The quantitative estimate of drug-likeness (QED) is 0.632. The Morgan fingerprint density at radius 1 is 1.15 bits per heavy atom. The molecule has 0 spiro atoms. The first-order valence-electron chi connectivity index (χ1n) is 11.6. The number of nitrogens with zero attached hydrogens (tertiary/aromatic N) is 6. The largest absolute Gasteiger partial charge is 0.497 e. The van der Waals surface area contributed by atoms with E-state index >= 15 is 0 Å². The fraction of sp³-hybridized carbons (Fsp3) is 0.583. The minimum absolute atomic E-state index is 0.0351. The number of hydrogen-bond acceptors (Lipinski definition) is 8. The van der Waals surface area contributed by atoms with Crippen LogP contribution in [0.5, 0.6) is 5.75 Å². The summed E-state index contributed by atoms with van der Waals surface area (Å²) >= 11 is 0. The molecule has 2 fully saturated rings. The minimum Gasteiger partial charge on any atom is -0.497 e. The van der Waals surface area contributed by atoms with Crippen LogP contribution >= 0.6 is 0 Å². The first kappa shape index (κ1) is 23.2. The van der Waals surface area contributed by atoms with Crippen molar-refractivity contribution >= 4 is 5.91 Å². The standard InChI is InChI=1S/C24H32N6O3/c1-28(24(18-25)10-4-3-5-11-24)22(31)17-30-14-12-29(13-15-30)16-21-26-23(27-33-21)19-6-8-20(32-2)9-7-19/h6-9H,3-5,10-17H2,1-2H3. The molecule has 2 aliphatic rings. The molecule has 176 valence electrons. The van der Waals surface area contributed by atoms with Gasteiger partial charge in [-0.2, -0.15) is 10.2 Å². The molecule has 1 aliphatic heterocycles. The van der Waals surface area contributed by atoms with Gasteiger partial charge in [-0.05, 0) is 37.1 Å². The number of nitriles is 1. The van der Waals surface area contributed by atoms with Crippen LogP contribution in [0.1, 0.15) is 38.0 Å². The molecule has 0 radical (unpaired) electrons. The van der Waals surface area contributed by atoms with E-state index in [2.05, 4.69) is 26.0 Å². The lowest BCUT2D eigenvalue weighted by Crippen LogP contribution is -2.54. The number of amides is 1. The van der Waals surface area contributed by atoms with Crippen LogP contribution in [0.4, 0.5) is 0 Å². The van der Waals surface area contributed by atoms with E-state index in [4.69, 9.17) is 9.26 Å². The molecule has 33 heavy (non-hydrogen) atoms. The molecule has 1 amide bonds. The summed E-state index contributed by atoms with van der Waals surface area (Å²) in [6, 6.07) is 9.99. The van der Waals surface area contributed by atoms with Crippen LogP contribution in [0.2, 0.25) is 0 Å². The highest BCUT2D eigenvalue weighted by Gasteiger charge is 2.39. The van der Waals surface area contributed by atoms with Gasteiger partial charge in [-0.1, -0.05) is 24.4 Å². The second-order valence-corrected chi connectivity index (χ2v) is 8.95. The van der Waals surface area contributed by atoms with Gasteiger partial charge in [0.25, 0.3) is 0 Å². The lowest BCUT2D eigenvalue weighted by molar-refractivity contribution is -0.136. The predicted octanol–water partition coefficient (Wildman–Crippen LogP) is 2.55. The Balaban J connectivity index is 1.26. The van der Waals surface area contributed by atoms with Gasteiger partial charge in [0.1, 0.15) is 11.3 Å². The molecular formula is C24H32N6O3. The summed E-state index contributed by atoms with van der Waals surface area (Å²) in [5.41, 5.74) is 0.253. The summed E-state index contributed by atoms with van der Waals surface area (Å²) < 4.78 is 10.6. The number of rotatable bonds is 7. The number of piperazine rings is 1. The van der Waals surface area contributed by atoms with Crippen molar-refractivity contribution in [2.24, 2.45) is 0 Å². The Hall–Kier alpha value is -2.96. The molecular weight excluding hydrogens is 420 g/mol. The number of hydrogen-bond donors (Lipinski definition) is 0. The van der Waals surface area contributed by atoms with Gasteiger partial charge in [0.05, 0.1) is 26.3 Å². The lowest BCUT2D eigenvalue weighted by Gasteiger charge is -2.40. The van der Waals surface area contributed by atoms with E-state index in [0.29, 0.717) is 24.8 Å². The Labute approximate surface area is 194 Å². The number of likely N-dealkylation sites (N-methyl/N-ethyl adjacent to an activating group) is 1. The average molecular weight is 453 g/mol. The number of carbonyl (C=O) groups is 1. The summed E-state index contributed by atoms with van der Waals surface area (Å²) in [5, 5.41) is 13.8. The third kappa shape index (κ3) is 5.34. The topological polar surface area (TPSA) is 98.7 Å². The molecule has 0 bridgehead atoms. The third-order valence-electron chi connectivity index (χ3n) is 6.90. The maximum atomic E-state index is 12.9. The second-order valence-electron chi connectivity index (χ2n) is 8.95. The van der Waals surface area contributed by atoms with E-state index in [1.54, 1.807) is 19.1 Å². The SMILES string of the molecule is COc1ccc(-c2noc(CN3CCN(CC(=O)N(C)C4(C#N)CCCCC4)CC3)n2)cc1. The van der Waals surface area contributed by atoms with Crippen molar-refractivity contribution in [2.75, 3.05) is 46.9 Å². The summed E-state index contributed by atoms with van der Waals surface area (Å²) in [7, 11) is 3.43. The van der Waals surface area contributed by atoms with Gasteiger partial charge in [-0.25, -0.2) is 0 Å². The number of carbonyl (C=O) groups excluding carboxylic acids is 1. The van der Waals surface area contributed by atoms with Crippen LogP contribution in [-0.2, 0) is 11.3 Å². The van der Waals surface area contributed by atoms with E-state index in [9.17, 15) is 10.1 Å². The van der Waals surface area contributed by atoms with Crippen LogP contribution in [0.25, 0.3) is 11.4 Å². The average Bonchev–Trinajstić information content (AvgIpc) is 3.33. The lowest BCUT2D eigenvalue weighted by atomic mass is 9.81. The van der Waals surface area contributed by atoms with Gasteiger partial charge in [0.2, 0.25) is 17.6 Å². The highest BCUT2D eigenvalue weighted by Crippen LogP contribution is 2.32. The predicted molar refractivity (Wildman–Crippen MR) is 122 cm³/mol. The maximum Gasteiger partial charge on any atom is 0.241 e. The zero-order chi connectivity index (χ0) is 23.3. The Kier molecular flexibility index (Phi) is 7.26. The van der Waals surface area contributed by atoms with Crippen LogP contribution < -0.4 is 4.74 Å². The van der Waals surface area contributed by atoms with Crippen molar-refractivity contribution in [1.82, 2.24) is 24.8 Å². The minimum atomic E-state index is -0.628. The summed E-state index contributed by atoms with van der Waals surface area (Å²) in [5.74, 6) is 1.96. The highest BCUT2D eigenvalue weighted by atomic mass is 16.5. The molecule has 1 aliphatic carbocycles. The molecule has 0 unspecified atom stereocenters. The molecule has 9 nitrogen and oxygen atoms in total. The zero-order valence-electron chi connectivity index (χ0n) is 19.5. The smallest absolute Gasteiger partial charge is 0.241 e. The second kappa shape index (κ2) is 10.3. The first-order chi connectivity index (χ1) is 16.0. The van der Waals surface area contributed by atoms with Crippen LogP contribution in [-0.4, -0.2) is 83.2 Å². The monoisotopic (exact) mass is 452 g/mol. The number of ether oxygens (including phenoxy) is 1. The Morgan fingerprint density at radius 3 is 2.45 bits per heavy atom. The van der Waals surface area contributed by atoms with Crippen LogP contribution in [0, 0.1) is 11.3 Å². The van der Waals surface area contributed by atoms with E-state index in [1.165, 1.54) is 0 Å². The van der Waals surface area contributed by atoms with Crippen LogP contribution in [0.3, 0.4) is 0 Å². The number of benzene rings is 1. The number of methoxy groups -OCH3 is 1. The molecule has 0 atom stereocenters. The molecule has 0 N–H and O–H groups in total. The van der Waals surface area contributed by atoms with E-state index in [-0.39, 0.29) is 5.91 Å². The van der Waals surface area contributed by atoms with Crippen molar-refractivity contribution in [3.63, 3.8) is 0 Å². The fourth-order valence-electron chi connectivity index (χ4n) is 4.67. The van der Waals surface area contributed by atoms with Crippen molar-refractivity contribution in [3.8, 4) is 23.2 Å². The summed E-state index contributed by atoms with van der Waals surface area (Å²) in [6.45, 7) is 4.16. The van der Waals surface area contributed by atoms with Gasteiger partial charge < -0.3 is 14.2 Å². The van der Waals surface area contributed by atoms with E-state index < -0.39 is 5.54 Å². The van der Waals surface area contributed by atoms with Gasteiger partial charge in [0, 0.05) is 38.8 Å². The van der Waals surface area contributed by atoms with Gasteiger partial charge in [0.15, 0.2) is 0 Å². The molecule has 4 rings (SSSR count). The van der Waals surface area contributed by atoms with Crippen molar-refractivity contribution in [3.05, 3.63) is 30.2 Å². The van der Waals surface area contributed by atoms with E-state index in [1.807, 2.05) is 24.3 Å². The van der Waals surface area contributed by atoms with Gasteiger partial charge >= 0.3 is 0 Å². The van der Waals surface area contributed by atoms with Crippen molar-refractivity contribution in [1.29, 1.82) is 5.26 Å². The molecule has 2 heterocycles. The molecule has 1 aromatic carbocycles. The van der Waals surface area contributed by atoms with Crippen molar-refractivity contribution in [2.45, 2.75) is 44.2 Å². The molecule has 1 aromatic heterocycles. The molecule has 1 saturated carbocycles.